The number of carbonyl (C=O) groups is 3. The SMILES string of the molecule is Cc1cc(C(=O)CCC(=O)NNC(=O)c2cccc(S(=O)(=O)NCc3ccccc3)c2)c(C)s1. The van der Waals surface area contributed by atoms with Crippen LogP contribution >= 0.6 is 11.3 Å². The van der Waals surface area contributed by atoms with Crippen LogP contribution in [0.1, 0.15) is 48.9 Å². The van der Waals surface area contributed by atoms with Gasteiger partial charge in [0.25, 0.3) is 5.91 Å². The molecule has 0 atom stereocenters. The standard InChI is InChI=1S/C24H25N3O5S2/c1-16-13-21(17(2)33-16)22(28)11-12-23(29)26-27-24(30)19-9-6-10-20(14-19)34(31,32)25-15-18-7-4-3-5-8-18/h3-10,13-14,25H,11-12,15H2,1-2H3,(H,26,29)(H,27,30). The Morgan fingerprint density at radius 1 is 0.882 bits per heavy atom. The average molecular weight is 500 g/mol. The molecule has 0 aliphatic heterocycles. The molecular weight excluding hydrogens is 474 g/mol. The van der Waals surface area contributed by atoms with Gasteiger partial charge in [0.2, 0.25) is 15.9 Å². The minimum atomic E-state index is -3.85. The van der Waals surface area contributed by atoms with Gasteiger partial charge in [-0.25, -0.2) is 13.1 Å². The van der Waals surface area contributed by atoms with Crippen molar-refractivity contribution in [1.29, 1.82) is 0 Å². The molecule has 0 unspecified atom stereocenters. The van der Waals surface area contributed by atoms with Crippen LogP contribution in [-0.4, -0.2) is 26.0 Å². The lowest BCUT2D eigenvalue weighted by molar-refractivity contribution is -0.121. The van der Waals surface area contributed by atoms with Crippen molar-refractivity contribution in [2.45, 2.75) is 38.1 Å². The molecule has 0 fully saturated rings. The fourth-order valence-electron chi connectivity index (χ4n) is 3.19. The fraction of sp³-hybridized carbons (Fsp3) is 0.208. The normalized spacial score (nSPS) is 11.1. The third kappa shape index (κ3) is 6.83. The van der Waals surface area contributed by atoms with Crippen molar-refractivity contribution in [3.8, 4) is 0 Å². The number of aryl methyl sites for hydroxylation is 2. The minimum absolute atomic E-state index is 0.0134. The van der Waals surface area contributed by atoms with Gasteiger partial charge in [0.05, 0.1) is 4.90 Å². The zero-order valence-corrected chi connectivity index (χ0v) is 20.4. The van der Waals surface area contributed by atoms with Crippen molar-refractivity contribution >= 4 is 39.0 Å². The molecule has 1 aromatic heterocycles. The highest BCUT2D eigenvalue weighted by Crippen LogP contribution is 2.22. The van der Waals surface area contributed by atoms with Crippen LogP contribution in [-0.2, 0) is 21.4 Å². The first-order valence-corrected chi connectivity index (χ1v) is 12.8. The van der Waals surface area contributed by atoms with Crippen molar-refractivity contribution < 1.29 is 22.8 Å². The molecule has 10 heteroatoms. The van der Waals surface area contributed by atoms with E-state index in [4.69, 9.17) is 0 Å². The second-order valence-electron chi connectivity index (χ2n) is 7.59. The van der Waals surface area contributed by atoms with Gasteiger partial charge >= 0.3 is 0 Å². The van der Waals surface area contributed by atoms with Gasteiger partial charge in [0.1, 0.15) is 0 Å². The number of nitrogens with one attached hydrogen (secondary N) is 3. The lowest BCUT2D eigenvalue weighted by Crippen LogP contribution is -2.41. The fourth-order valence-corrected chi connectivity index (χ4v) is 5.20. The summed E-state index contributed by atoms with van der Waals surface area (Å²) in [7, 11) is -3.85. The molecule has 0 aliphatic carbocycles. The maximum Gasteiger partial charge on any atom is 0.269 e. The summed E-state index contributed by atoms with van der Waals surface area (Å²) in [6.07, 6.45) is -0.0786. The van der Waals surface area contributed by atoms with Crippen molar-refractivity contribution in [2.75, 3.05) is 0 Å². The largest absolute Gasteiger partial charge is 0.294 e. The van der Waals surface area contributed by atoms with E-state index >= 15 is 0 Å². The quantitative estimate of drug-likeness (QED) is 0.308. The van der Waals surface area contributed by atoms with Crippen LogP contribution in [0.2, 0.25) is 0 Å². The summed E-state index contributed by atoms with van der Waals surface area (Å²) in [5.74, 6) is -1.34. The minimum Gasteiger partial charge on any atom is -0.294 e. The first kappa shape index (κ1) is 25.3. The number of rotatable bonds is 9. The van der Waals surface area contributed by atoms with Crippen LogP contribution in [0.25, 0.3) is 0 Å². The summed E-state index contributed by atoms with van der Waals surface area (Å²) in [6, 6.07) is 16.3. The summed E-state index contributed by atoms with van der Waals surface area (Å²) < 4.78 is 27.7. The topological polar surface area (TPSA) is 121 Å². The third-order valence-corrected chi connectivity index (χ3v) is 7.32. The van der Waals surface area contributed by atoms with Crippen LogP contribution in [0.15, 0.2) is 65.6 Å². The maximum atomic E-state index is 12.6. The predicted octanol–water partition coefficient (Wildman–Crippen LogP) is 3.27. The molecule has 0 radical (unpaired) electrons. The van der Waals surface area contributed by atoms with E-state index in [9.17, 15) is 22.8 Å². The van der Waals surface area contributed by atoms with Crippen LogP contribution in [0.5, 0.6) is 0 Å². The van der Waals surface area contributed by atoms with Gasteiger partial charge in [-0.1, -0.05) is 36.4 Å². The van der Waals surface area contributed by atoms with Crippen LogP contribution in [0.3, 0.4) is 0 Å². The van der Waals surface area contributed by atoms with Gasteiger partial charge in [-0.15, -0.1) is 11.3 Å². The van der Waals surface area contributed by atoms with Crippen molar-refractivity contribution in [2.24, 2.45) is 0 Å². The number of amides is 2. The van der Waals surface area contributed by atoms with Gasteiger partial charge in [0, 0.05) is 40.3 Å². The Labute approximate surface area is 202 Å². The number of thiophene rings is 1. The monoisotopic (exact) mass is 499 g/mol. The smallest absolute Gasteiger partial charge is 0.269 e. The molecule has 3 N–H and O–H groups in total. The summed E-state index contributed by atoms with van der Waals surface area (Å²) in [5.41, 5.74) is 5.98. The van der Waals surface area contributed by atoms with Gasteiger partial charge in [0.15, 0.2) is 5.78 Å². The average Bonchev–Trinajstić information content (AvgIpc) is 3.18. The first-order chi connectivity index (χ1) is 16.2. The van der Waals surface area contributed by atoms with E-state index in [0.29, 0.717) is 5.56 Å². The molecule has 1 heterocycles. The second-order valence-corrected chi connectivity index (χ2v) is 10.8. The van der Waals surface area contributed by atoms with Crippen molar-refractivity contribution in [1.82, 2.24) is 15.6 Å². The van der Waals surface area contributed by atoms with Crippen LogP contribution in [0.4, 0.5) is 0 Å². The molecule has 178 valence electrons. The Morgan fingerprint density at radius 3 is 2.29 bits per heavy atom. The number of hydrazine groups is 1. The zero-order chi connectivity index (χ0) is 24.7. The summed E-state index contributed by atoms with van der Waals surface area (Å²) in [6.45, 7) is 3.88. The number of ketones is 1. The van der Waals surface area contributed by atoms with E-state index in [-0.39, 0.29) is 35.6 Å². The number of benzene rings is 2. The highest BCUT2D eigenvalue weighted by atomic mass is 32.2. The van der Waals surface area contributed by atoms with Gasteiger partial charge in [-0.05, 0) is 43.7 Å². The molecule has 34 heavy (non-hydrogen) atoms. The number of hydrogen-bond acceptors (Lipinski definition) is 6. The lowest BCUT2D eigenvalue weighted by Gasteiger charge is -2.10. The molecular formula is C24H25N3O5S2. The van der Waals surface area contributed by atoms with E-state index in [1.165, 1.54) is 35.6 Å². The molecule has 0 aliphatic rings. The Balaban J connectivity index is 1.52. The molecule has 0 spiro atoms. The summed E-state index contributed by atoms with van der Waals surface area (Å²) in [5, 5.41) is 0. The van der Waals surface area contributed by atoms with E-state index in [1.54, 1.807) is 18.2 Å². The zero-order valence-electron chi connectivity index (χ0n) is 18.8. The Bertz CT molecular complexity index is 1300. The number of sulfonamides is 1. The van der Waals surface area contributed by atoms with E-state index in [2.05, 4.69) is 15.6 Å². The molecule has 3 rings (SSSR count). The highest BCUT2D eigenvalue weighted by Gasteiger charge is 2.17. The first-order valence-electron chi connectivity index (χ1n) is 10.5. The highest BCUT2D eigenvalue weighted by molar-refractivity contribution is 7.89. The number of Topliss-reactive ketones (excluding diaryl/α,β-unsaturated/α-hetero) is 1. The van der Waals surface area contributed by atoms with Gasteiger partial charge in [-0.3, -0.25) is 25.2 Å². The Hall–Kier alpha value is -3.34. The number of carbonyl (C=O) groups excluding carboxylic acids is 3. The molecule has 0 saturated carbocycles. The van der Waals surface area contributed by atoms with E-state index < -0.39 is 21.8 Å². The van der Waals surface area contributed by atoms with E-state index in [0.717, 1.165) is 15.3 Å². The summed E-state index contributed by atoms with van der Waals surface area (Å²) >= 11 is 1.52. The number of hydrogen-bond donors (Lipinski definition) is 3. The van der Waals surface area contributed by atoms with Gasteiger partial charge in [-0.2, -0.15) is 0 Å². The molecule has 8 nitrogen and oxygen atoms in total. The molecule has 0 bridgehead atoms. The molecule has 3 aromatic rings. The molecule has 2 aromatic carbocycles. The van der Waals surface area contributed by atoms with E-state index in [1.807, 2.05) is 32.0 Å². The van der Waals surface area contributed by atoms with Crippen LogP contribution in [0, 0.1) is 13.8 Å². The maximum absolute atomic E-state index is 12.6. The summed E-state index contributed by atoms with van der Waals surface area (Å²) in [4.78, 5) is 38.6. The van der Waals surface area contributed by atoms with Crippen molar-refractivity contribution in [3.05, 3.63) is 87.1 Å². The van der Waals surface area contributed by atoms with Crippen molar-refractivity contribution in [3.63, 3.8) is 0 Å². The Morgan fingerprint density at radius 2 is 1.62 bits per heavy atom. The van der Waals surface area contributed by atoms with Crippen LogP contribution < -0.4 is 15.6 Å². The van der Waals surface area contributed by atoms with Gasteiger partial charge < -0.3 is 0 Å². The second kappa shape index (κ2) is 11.2. The molecule has 2 amide bonds. The Kier molecular flexibility index (Phi) is 8.32. The third-order valence-electron chi connectivity index (χ3n) is 4.95. The lowest BCUT2D eigenvalue weighted by atomic mass is 10.1. The predicted molar refractivity (Wildman–Crippen MR) is 130 cm³/mol. The molecule has 0 saturated heterocycles.